The van der Waals surface area contributed by atoms with Gasteiger partial charge in [0, 0.05) is 11.6 Å². The average molecular weight is 389 g/mol. The molecule has 1 spiro atoms. The van der Waals surface area contributed by atoms with E-state index in [1.54, 1.807) is 0 Å². The number of rotatable bonds is 3. The molecule has 5 nitrogen and oxygen atoms in total. The van der Waals surface area contributed by atoms with E-state index in [2.05, 4.69) is 46.1 Å². The van der Waals surface area contributed by atoms with Crippen LogP contribution in [-0.2, 0) is 11.8 Å². The second-order valence-electron chi connectivity index (χ2n) is 8.43. The van der Waals surface area contributed by atoms with E-state index in [1.165, 1.54) is 36.8 Å². The smallest absolute Gasteiger partial charge is 0.106 e. The number of aliphatic hydroxyl groups excluding tert-OH is 1. The summed E-state index contributed by atoms with van der Waals surface area (Å²) in [5, 5.41) is 23.8. The van der Waals surface area contributed by atoms with E-state index in [4.69, 9.17) is 0 Å². The molecule has 27 heavy (non-hydrogen) atoms. The molecule has 3 aliphatic rings. The van der Waals surface area contributed by atoms with Crippen LogP contribution in [0.2, 0.25) is 0 Å². The fraction of sp³-hybridized carbons (Fsp3) is 0.619. The molecule has 2 heterocycles. The molecule has 2 fully saturated rings. The Bertz CT molecular complexity index is 780. The van der Waals surface area contributed by atoms with E-state index in [1.807, 2.05) is 4.68 Å². The topological polar surface area (TPSA) is 63.0 Å². The molecule has 1 aromatic carbocycles. The van der Waals surface area contributed by atoms with E-state index in [9.17, 15) is 5.11 Å². The number of aromatic nitrogens is 3. The molecule has 2 atom stereocenters. The Balaban J connectivity index is 0.00000180. The minimum atomic E-state index is -0.442. The van der Waals surface area contributed by atoms with E-state index in [-0.39, 0.29) is 23.9 Å². The maximum absolute atomic E-state index is 11.4. The largest absolute Gasteiger partial charge is 0.390 e. The standard InChI is InChI=1S/C21H28N4O.ClH/c26-20-19(25-14-16(23-24-25)13-15-5-1-2-6-15)17-7-3-4-8-18(17)21(20)9-11-22-12-10-21;/h3-4,7-8,14-15,19-20,22,26H,1-2,5-6,9-13H2;1H/t19-,20+;/m1./s1. The minimum Gasteiger partial charge on any atom is -0.390 e. The molecule has 2 N–H and O–H groups in total. The van der Waals surface area contributed by atoms with Crippen LogP contribution in [0.4, 0.5) is 0 Å². The molecule has 2 aromatic rings. The van der Waals surface area contributed by atoms with Gasteiger partial charge in [-0.2, -0.15) is 0 Å². The van der Waals surface area contributed by atoms with Gasteiger partial charge in [-0.25, -0.2) is 4.68 Å². The van der Waals surface area contributed by atoms with Crippen LogP contribution in [0.3, 0.4) is 0 Å². The van der Waals surface area contributed by atoms with Crippen LogP contribution in [-0.4, -0.2) is 39.3 Å². The van der Waals surface area contributed by atoms with E-state index < -0.39 is 6.10 Å². The number of nitrogens with one attached hydrogen (secondary N) is 1. The summed E-state index contributed by atoms with van der Waals surface area (Å²) in [5.74, 6) is 0.761. The molecule has 2 aliphatic carbocycles. The Morgan fingerprint density at radius 2 is 1.89 bits per heavy atom. The van der Waals surface area contributed by atoms with Gasteiger partial charge in [0.25, 0.3) is 0 Å². The summed E-state index contributed by atoms with van der Waals surface area (Å²) in [5.41, 5.74) is 3.46. The zero-order chi connectivity index (χ0) is 17.6. The number of halogens is 1. The summed E-state index contributed by atoms with van der Waals surface area (Å²) in [6.45, 7) is 1.92. The zero-order valence-electron chi connectivity index (χ0n) is 15.7. The Kier molecular flexibility index (Phi) is 5.28. The molecule has 6 heteroatoms. The zero-order valence-corrected chi connectivity index (χ0v) is 16.5. The molecule has 146 valence electrons. The van der Waals surface area contributed by atoms with Crippen molar-refractivity contribution in [2.75, 3.05) is 13.1 Å². The van der Waals surface area contributed by atoms with Crippen LogP contribution in [0.1, 0.15) is 61.4 Å². The third-order valence-electron chi connectivity index (χ3n) is 6.99. The fourth-order valence-electron chi connectivity index (χ4n) is 5.62. The number of fused-ring (bicyclic) bond motifs is 2. The van der Waals surface area contributed by atoms with Crippen LogP contribution in [0.25, 0.3) is 0 Å². The Hall–Kier alpha value is -1.43. The van der Waals surface area contributed by atoms with Gasteiger partial charge in [0.15, 0.2) is 0 Å². The molecule has 1 aliphatic heterocycles. The van der Waals surface area contributed by atoms with E-state index in [0.29, 0.717) is 0 Å². The SMILES string of the molecule is Cl.O[C@H]1[C@H](n2cc(CC3CCCC3)nn2)c2ccccc2C12CCNCC2. The van der Waals surface area contributed by atoms with Crippen molar-refractivity contribution < 1.29 is 5.11 Å². The first-order chi connectivity index (χ1) is 12.8. The summed E-state index contributed by atoms with van der Waals surface area (Å²) in [4.78, 5) is 0. The van der Waals surface area contributed by atoms with E-state index in [0.717, 1.165) is 44.0 Å². The molecule has 1 saturated carbocycles. The first kappa shape index (κ1) is 18.9. The van der Waals surface area contributed by atoms with Gasteiger partial charge in [0.05, 0.1) is 11.8 Å². The number of benzene rings is 1. The molecule has 5 rings (SSSR count). The predicted molar refractivity (Wildman–Crippen MR) is 107 cm³/mol. The number of aliphatic hydroxyl groups is 1. The van der Waals surface area contributed by atoms with E-state index >= 15 is 0 Å². The molecule has 0 bridgehead atoms. The van der Waals surface area contributed by atoms with Crippen LogP contribution in [0.15, 0.2) is 30.5 Å². The van der Waals surface area contributed by atoms with Gasteiger partial charge in [-0.1, -0.05) is 55.2 Å². The van der Waals surface area contributed by atoms with Crippen molar-refractivity contribution in [2.45, 2.75) is 62.5 Å². The summed E-state index contributed by atoms with van der Waals surface area (Å²) in [7, 11) is 0. The highest BCUT2D eigenvalue weighted by Crippen LogP contribution is 2.51. The summed E-state index contributed by atoms with van der Waals surface area (Å²) < 4.78 is 1.94. The molecule has 0 radical (unpaired) electrons. The normalized spacial score (nSPS) is 26.9. The average Bonchev–Trinajstić information content (AvgIpc) is 3.39. The van der Waals surface area contributed by atoms with Crippen molar-refractivity contribution in [3.8, 4) is 0 Å². The third kappa shape index (κ3) is 3.10. The van der Waals surface area contributed by atoms with Gasteiger partial charge in [-0.05, 0) is 49.4 Å². The lowest BCUT2D eigenvalue weighted by molar-refractivity contribution is 0.0421. The molecule has 0 unspecified atom stereocenters. The lowest BCUT2D eigenvalue weighted by Crippen LogP contribution is -2.47. The quantitative estimate of drug-likeness (QED) is 0.848. The van der Waals surface area contributed by atoms with Crippen LogP contribution in [0, 0.1) is 5.92 Å². The second kappa shape index (κ2) is 7.53. The van der Waals surface area contributed by atoms with Crippen molar-refractivity contribution in [2.24, 2.45) is 5.92 Å². The maximum atomic E-state index is 11.4. The number of hydrogen-bond donors (Lipinski definition) is 2. The summed E-state index contributed by atoms with van der Waals surface area (Å²) >= 11 is 0. The Labute approximate surface area is 167 Å². The monoisotopic (exact) mass is 388 g/mol. The van der Waals surface area contributed by atoms with Crippen LogP contribution in [0.5, 0.6) is 0 Å². The van der Waals surface area contributed by atoms with Gasteiger partial charge in [-0.3, -0.25) is 0 Å². The second-order valence-corrected chi connectivity index (χ2v) is 8.43. The lowest BCUT2D eigenvalue weighted by atomic mass is 9.72. The van der Waals surface area contributed by atoms with Gasteiger partial charge >= 0.3 is 0 Å². The highest BCUT2D eigenvalue weighted by Gasteiger charge is 2.52. The van der Waals surface area contributed by atoms with Crippen molar-refractivity contribution in [3.63, 3.8) is 0 Å². The Morgan fingerprint density at radius 1 is 1.15 bits per heavy atom. The van der Waals surface area contributed by atoms with Crippen molar-refractivity contribution in [3.05, 3.63) is 47.3 Å². The summed E-state index contributed by atoms with van der Waals surface area (Å²) in [6, 6.07) is 8.44. The first-order valence-corrected chi connectivity index (χ1v) is 10.2. The van der Waals surface area contributed by atoms with Crippen LogP contribution < -0.4 is 5.32 Å². The van der Waals surface area contributed by atoms with Gasteiger partial charge in [0.1, 0.15) is 6.04 Å². The molecule has 1 aromatic heterocycles. The fourth-order valence-corrected chi connectivity index (χ4v) is 5.62. The minimum absolute atomic E-state index is 0. The molecule has 1 saturated heterocycles. The summed E-state index contributed by atoms with van der Waals surface area (Å²) in [6.07, 6.45) is 9.96. The number of hydrogen-bond acceptors (Lipinski definition) is 4. The maximum Gasteiger partial charge on any atom is 0.106 e. The van der Waals surface area contributed by atoms with Crippen molar-refractivity contribution >= 4 is 12.4 Å². The number of nitrogens with zero attached hydrogens (tertiary/aromatic N) is 3. The highest BCUT2D eigenvalue weighted by molar-refractivity contribution is 5.85. The van der Waals surface area contributed by atoms with Gasteiger partial charge in [-0.15, -0.1) is 17.5 Å². The highest BCUT2D eigenvalue weighted by atomic mass is 35.5. The third-order valence-corrected chi connectivity index (χ3v) is 6.99. The molecular formula is C21H29ClN4O. The van der Waals surface area contributed by atoms with Gasteiger partial charge in [0.2, 0.25) is 0 Å². The van der Waals surface area contributed by atoms with Crippen LogP contribution >= 0.6 is 12.4 Å². The first-order valence-electron chi connectivity index (χ1n) is 10.2. The Morgan fingerprint density at radius 3 is 2.67 bits per heavy atom. The molecule has 0 amide bonds. The predicted octanol–water partition coefficient (Wildman–Crippen LogP) is 3.02. The lowest BCUT2D eigenvalue weighted by Gasteiger charge is -2.38. The van der Waals surface area contributed by atoms with Gasteiger partial charge < -0.3 is 10.4 Å². The number of piperidine rings is 1. The molecular weight excluding hydrogens is 360 g/mol. The van der Waals surface area contributed by atoms with Crippen molar-refractivity contribution in [1.29, 1.82) is 0 Å². The van der Waals surface area contributed by atoms with Crippen molar-refractivity contribution in [1.82, 2.24) is 20.3 Å².